The van der Waals surface area contributed by atoms with Crippen molar-refractivity contribution in [2.75, 3.05) is 13.1 Å². The molecule has 0 aromatic carbocycles. The Bertz CT molecular complexity index is 264. The average molecular weight is 266 g/mol. The van der Waals surface area contributed by atoms with Crippen molar-refractivity contribution in [3.8, 4) is 0 Å². The van der Waals surface area contributed by atoms with Gasteiger partial charge in [0, 0.05) is 12.1 Å². The Morgan fingerprint density at radius 2 is 2.00 bits per heavy atom. The van der Waals surface area contributed by atoms with Crippen molar-refractivity contribution >= 4 is 0 Å². The molecule has 0 aromatic rings. The number of nitrogens with zero attached hydrogens (tertiary/aromatic N) is 1. The van der Waals surface area contributed by atoms with E-state index in [1.165, 1.54) is 51.5 Å². The normalized spacial score (nSPS) is 37.1. The highest BCUT2D eigenvalue weighted by Gasteiger charge is 2.39. The van der Waals surface area contributed by atoms with Crippen molar-refractivity contribution in [2.24, 2.45) is 23.5 Å². The predicted molar refractivity (Wildman–Crippen MR) is 83.1 cm³/mol. The van der Waals surface area contributed by atoms with Crippen LogP contribution in [0.15, 0.2) is 0 Å². The van der Waals surface area contributed by atoms with Crippen LogP contribution < -0.4 is 5.73 Å². The number of likely N-dealkylation sites (tertiary alicyclic amines) is 1. The second-order valence-corrected chi connectivity index (χ2v) is 7.22. The second-order valence-electron chi connectivity index (χ2n) is 7.22. The Morgan fingerprint density at radius 1 is 1.21 bits per heavy atom. The molecule has 4 unspecified atom stereocenters. The summed E-state index contributed by atoms with van der Waals surface area (Å²) in [6, 6.07) is 1.60. The molecule has 2 N–H and O–H groups in total. The number of rotatable bonds is 5. The van der Waals surface area contributed by atoms with Crippen molar-refractivity contribution in [3.63, 3.8) is 0 Å². The van der Waals surface area contributed by atoms with Gasteiger partial charge in [-0.1, -0.05) is 40.0 Å². The maximum absolute atomic E-state index is 6.08. The van der Waals surface area contributed by atoms with E-state index in [-0.39, 0.29) is 0 Å². The molecule has 0 spiro atoms. The van der Waals surface area contributed by atoms with Gasteiger partial charge in [0.05, 0.1) is 0 Å². The van der Waals surface area contributed by atoms with Gasteiger partial charge >= 0.3 is 0 Å². The van der Waals surface area contributed by atoms with Gasteiger partial charge in [-0.2, -0.15) is 0 Å². The summed E-state index contributed by atoms with van der Waals surface area (Å²) in [6.45, 7) is 9.34. The molecular weight excluding hydrogens is 232 g/mol. The fourth-order valence-corrected chi connectivity index (χ4v) is 4.59. The molecule has 1 heterocycles. The molecule has 0 amide bonds. The van der Waals surface area contributed by atoms with E-state index in [1.807, 2.05) is 0 Å². The summed E-state index contributed by atoms with van der Waals surface area (Å²) in [5.41, 5.74) is 6.08. The lowest BCUT2D eigenvalue weighted by Crippen LogP contribution is -2.50. The molecule has 0 radical (unpaired) electrons. The van der Waals surface area contributed by atoms with E-state index >= 15 is 0 Å². The monoisotopic (exact) mass is 266 g/mol. The zero-order chi connectivity index (χ0) is 13.8. The minimum Gasteiger partial charge on any atom is -0.330 e. The molecule has 0 bridgehead atoms. The van der Waals surface area contributed by atoms with Gasteiger partial charge in [0.25, 0.3) is 0 Å². The Kier molecular flexibility index (Phi) is 5.70. The van der Waals surface area contributed by atoms with Gasteiger partial charge in [-0.05, 0) is 56.5 Å². The van der Waals surface area contributed by atoms with Crippen LogP contribution in [-0.2, 0) is 0 Å². The third kappa shape index (κ3) is 3.52. The molecule has 1 aliphatic heterocycles. The number of nitrogens with two attached hydrogens (primary N) is 1. The van der Waals surface area contributed by atoms with E-state index in [9.17, 15) is 0 Å². The van der Waals surface area contributed by atoms with Crippen LogP contribution in [-0.4, -0.2) is 30.1 Å². The van der Waals surface area contributed by atoms with Crippen LogP contribution in [0.25, 0.3) is 0 Å². The lowest BCUT2D eigenvalue weighted by molar-refractivity contribution is 0.0545. The van der Waals surface area contributed by atoms with E-state index in [0.29, 0.717) is 0 Å². The highest BCUT2D eigenvalue weighted by Crippen LogP contribution is 2.38. The first kappa shape index (κ1) is 15.3. The molecular formula is C17H34N2. The standard InChI is InChI=1S/C17H34N2/c1-4-6-14-8-9-15(12-18)17(11-14)19-10-5-7-16(19)13(2)3/h13-17H,4-12,18H2,1-3H3. The van der Waals surface area contributed by atoms with Crippen molar-refractivity contribution in [2.45, 2.75) is 77.8 Å². The van der Waals surface area contributed by atoms with Gasteiger partial charge in [-0.15, -0.1) is 0 Å². The molecule has 4 atom stereocenters. The van der Waals surface area contributed by atoms with Crippen LogP contribution >= 0.6 is 0 Å². The van der Waals surface area contributed by atoms with E-state index in [4.69, 9.17) is 5.73 Å². The molecule has 2 heteroatoms. The van der Waals surface area contributed by atoms with E-state index < -0.39 is 0 Å². The fraction of sp³-hybridized carbons (Fsp3) is 1.00. The highest BCUT2D eigenvalue weighted by molar-refractivity contribution is 4.93. The fourth-order valence-electron chi connectivity index (χ4n) is 4.59. The molecule has 2 rings (SSSR count). The minimum absolute atomic E-state index is 0.757. The topological polar surface area (TPSA) is 29.3 Å². The molecule has 1 aliphatic carbocycles. The summed E-state index contributed by atoms with van der Waals surface area (Å²) >= 11 is 0. The van der Waals surface area contributed by atoms with E-state index in [0.717, 1.165) is 36.4 Å². The van der Waals surface area contributed by atoms with Gasteiger partial charge in [0.1, 0.15) is 0 Å². The lowest BCUT2D eigenvalue weighted by Gasteiger charge is -2.44. The Hall–Kier alpha value is -0.0800. The second kappa shape index (κ2) is 7.08. The SMILES string of the molecule is CCCC1CCC(CN)C(N2CCCC2C(C)C)C1. The molecule has 1 saturated heterocycles. The molecule has 2 nitrogen and oxygen atoms in total. The first-order valence-electron chi connectivity index (χ1n) is 8.63. The lowest BCUT2D eigenvalue weighted by atomic mass is 9.75. The van der Waals surface area contributed by atoms with Crippen LogP contribution in [0.2, 0.25) is 0 Å². The first-order valence-corrected chi connectivity index (χ1v) is 8.63. The smallest absolute Gasteiger partial charge is 0.0141 e. The van der Waals surface area contributed by atoms with E-state index in [2.05, 4.69) is 25.7 Å². The van der Waals surface area contributed by atoms with Crippen LogP contribution in [0, 0.1) is 17.8 Å². The molecule has 19 heavy (non-hydrogen) atoms. The molecule has 0 aromatic heterocycles. The summed E-state index contributed by atoms with van der Waals surface area (Å²) in [5.74, 6) is 2.52. The van der Waals surface area contributed by atoms with Crippen molar-refractivity contribution < 1.29 is 0 Å². The maximum Gasteiger partial charge on any atom is 0.0141 e. The van der Waals surface area contributed by atoms with Crippen LogP contribution in [0.4, 0.5) is 0 Å². The summed E-state index contributed by atoms with van der Waals surface area (Å²) in [7, 11) is 0. The summed E-state index contributed by atoms with van der Waals surface area (Å²) in [6.07, 6.45) is 9.78. The van der Waals surface area contributed by atoms with E-state index in [1.54, 1.807) is 0 Å². The maximum atomic E-state index is 6.08. The summed E-state index contributed by atoms with van der Waals surface area (Å²) < 4.78 is 0. The zero-order valence-corrected chi connectivity index (χ0v) is 13.3. The number of hydrogen-bond acceptors (Lipinski definition) is 2. The van der Waals surface area contributed by atoms with Crippen molar-refractivity contribution in [1.82, 2.24) is 4.90 Å². The predicted octanol–water partition coefficient (Wildman–Crippen LogP) is 3.65. The van der Waals surface area contributed by atoms with Crippen LogP contribution in [0.1, 0.15) is 65.7 Å². The van der Waals surface area contributed by atoms with Gasteiger partial charge in [0.15, 0.2) is 0 Å². The summed E-state index contributed by atoms with van der Waals surface area (Å²) in [4.78, 5) is 2.85. The summed E-state index contributed by atoms with van der Waals surface area (Å²) in [5, 5.41) is 0. The third-order valence-electron chi connectivity index (χ3n) is 5.60. The third-order valence-corrected chi connectivity index (χ3v) is 5.60. The Balaban J connectivity index is 2.04. The van der Waals surface area contributed by atoms with Crippen molar-refractivity contribution in [1.29, 1.82) is 0 Å². The van der Waals surface area contributed by atoms with Gasteiger partial charge in [-0.3, -0.25) is 4.90 Å². The molecule has 1 saturated carbocycles. The van der Waals surface area contributed by atoms with Gasteiger partial charge in [0.2, 0.25) is 0 Å². The van der Waals surface area contributed by atoms with Gasteiger partial charge in [-0.25, -0.2) is 0 Å². The Labute approximate surface area is 120 Å². The quantitative estimate of drug-likeness (QED) is 0.823. The Morgan fingerprint density at radius 3 is 2.63 bits per heavy atom. The first-order chi connectivity index (χ1) is 9.17. The number of hydrogen-bond donors (Lipinski definition) is 1. The average Bonchev–Trinajstić information content (AvgIpc) is 2.88. The van der Waals surface area contributed by atoms with Crippen LogP contribution in [0.3, 0.4) is 0 Å². The zero-order valence-electron chi connectivity index (χ0n) is 13.3. The molecule has 2 aliphatic rings. The largest absolute Gasteiger partial charge is 0.330 e. The molecule has 2 fully saturated rings. The minimum atomic E-state index is 0.757. The van der Waals surface area contributed by atoms with Crippen molar-refractivity contribution in [3.05, 3.63) is 0 Å². The molecule has 112 valence electrons. The highest BCUT2D eigenvalue weighted by atomic mass is 15.2. The van der Waals surface area contributed by atoms with Crippen LogP contribution in [0.5, 0.6) is 0 Å². The van der Waals surface area contributed by atoms with Gasteiger partial charge < -0.3 is 5.73 Å².